The first-order valence-corrected chi connectivity index (χ1v) is 11.7. The molecule has 2 aromatic carbocycles. The predicted octanol–water partition coefficient (Wildman–Crippen LogP) is 6.64. The van der Waals surface area contributed by atoms with Crippen LogP contribution in [0.25, 0.3) is 0 Å². The molecule has 206 valence electrons. The molecule has 0 radical (unpaired) electrons. The third-order valence-electron chi connectivity index (χ3n) is 7.33. The molecule has 0 amide bonds. The number of fused-ring (bicyclic) bond motifs is 2. The largest absolute Gasteiger partial charge is 0.416 e. The highest BCUT2D eigenvalue weighted by Gasteiger charge is 2.56. The van der Waals surface area contributed by atoms with E-state index in [1.54, 1.807) is 12.1 Å². The molecule has 3 atom stereocenters. The first-order chi connectivity index (χ1) is 17.5. The van der Waals surface area contributed by atoms with Crippen molar-refractivity contribution in [2.45, 2.75) is 68.9 Å². The van der Waals surface area contributed by atoms with Crippen molar-refractivity contribution in [1.29, 1.82) is 0 Å². The molecule has 2 bridgehead atoms. The van der Waals surface area contributed by atoms with Crippen molar-refractivity contribution in [3.63, 3.8) is 0 Å². The molecule has 3 aromatic rings. The molecule has 2 fully saturated rings. The highest BCUT2D eigenvalue weighted by Crippen LogP contribution is 2.52. The van der Waals surface area contributed by atoms with Crippen LogP contribution in [0.3, 0.4) is 0 Å². The van der Waals surface area contributed by atoms with E-state index in [1.165, 1.54) is 18.5 Å². The minimum Gasteiger partial charge on any atom is -0.371 e. The highest BCUT2D eigenvalue weighted by molar-refractivity contribution is 5.85. The van der Waals surface area contributed by atoms with Crippen molar-refractivity contribution in [3.05, 3.63) is 82.7 Å². The number of H-pyrrole nitrogens is 1. The van der Waals surface area contributed by atoms with Crippen LogP contribution < -0.4 is 0 Å². The van der Waals surface area contributed by atoms with E-state index in [2.05, 4.69) is 20.1 Å². The lowest BCUT2D eigenvalue weighted by Gasteiger charge is -2.49. The third-order valence-corrected chi connectivity index (χ3v) is 7.33. The van der Waals surface area contributed by atoms with Crippen molar-refractivity contribution < 1.29 is 35.5 Å². The summed E-state index contributed by atoms with van der Waals surface area (Å²) in [5.41, 5.74) is -2.99. The van der Waals surface area contributed by atoms with Crippen LogP contribution in [0, 0.1) is 5.82 Å². The fourth-order valence-electron chi connectivity index (χ4n) is 5.73. The Bertz CT molecular complexity index is 1200. The fourth-order valence-corrected chi connectivity index (χ4v) is 5.73. The molecule has 5 rings (SSSR count). The van der Waals surface area contributed by atoms with Crippen molar-refractivity contribution in [1.82, 2.24) is 20.1 Å². The van der Waals surface area contributed by atoms with Gasteiger partial charge in [-0.15, -0.1) is 12.4 Å². The maximum Gasteiger partial charge on any atom is 0.416 e. The Morgan fingerprint density at radius 3 is 2.18 bits per heavy atom. The summed E-state index contributed by atoms with van der Waals surface area (Å²) < 4.78 is 100.0. The summed E-state index contributed by atoms with van der Waals surface area (Å²) in [6, 6.07) is 7.60. The van der Waals surface area contributed by atoms with Crippen LogP contribution in [0.15, 0.2) is 48.8 Å². The molecule has 2 saturated heterocycles. The number of nitrogens with one attached hydrogen (secondary N) is 1. The van der Waals surface area contributed by atoms with E-state index in [-0.39, 0.29) is 30.1 Å². The molecular weight excluding hydrogens is 541 g/mol. The molecule has 0 unspecified atom stereocenters. The van der Waals surface area contributed by atoms with Gasteiger partial charge in [0.15, 0.2) is 0 Å². The molecule has 3 heterocycles. The first kappa shape index (κ1) is 28.3. The van der Waals surface area contributed by atoms with Gasteiger partial charge in [-0.1, -0.05) is 12.1 Å². The maximum absolute atomic E-state index is 13.8. The summed E-state index contributed by atoms with van der Waals surface area (Å²) in [7, 11) is 0. The molecule has 0 aliphatic carbocycles. The van der Waals surface area contributed by atoms with Crippen LogP contribution in [0.5, 0.6) is 0 Å². The topological polar surface area (TPSA) is 54.0 Å². The quantitative estimate of drug-likeness (QED) is 0.341. The molecule has 0 saturated carbocycles. The number of hydrogen-bond acceptors (Lipinski definition) is 4. The van der Waals surface area contributed by atoms with Gasteiger partial charge in [-0.3, -0.25) is 10.00 Å². The molecular formula is C25H24ClF7N4O. The van der Waals surface area contributed by atoms with Crippen LogP contribution in [0.4, 0.5) is 30.7 Å². The van der Waals surface area contributed by atoms with Crippen LogP contribution in [-0.4, -0.2) is 32.2 Å². The number of nitrogens with zero attached hydrogens (tertiary/aromatic N) is 3. The van der Waals surface area contributed by atoms with Gasteiger partial charge in [0.05, 0.1) is 35.9 Å². The Hall–Kier alpha value is -2.70. The second-order valence-corrected chi connectivity index (χ2v) is 9.47. The van der Waals surface area contributed by atoms with Gasteiger partial charge in [0.25, 0.3) is 0 Å². The minimum atomic E-state index is -4.94. The number of rotatable bonds is 6. The summed E-state index contributed by atoms with van der Waals surface area (Å²) >= 11 is 0. The van der Waals surface area contributed by atoms with Gasteiger partial charge >= 0.3 is 12.4 Å². The van der Waals surface area contributed by atoms with E-state index in [0.29, 0.717) is 37.3 Å². The zero-order chi connectivity index (χ0) is 26.4. The minimum absolute atomic E-state index is 0. The molecule has 38 heavy (non-hydrogen) atoms. The lowest BCUT2D eigenvalue weighted by Crippen LogP contribution is -2.56. The standard InChI is InChI=1S/C25H23F7N4O.ClH/c26-19-3-1-16(2-4-19)23-8-7-20(36(23)12-22-33-14-34-35-22)5-6-21(23)37-13-15-9-17(24(27,28)29)11-18(10-15)25(30,31)32;/h1-4,9-11,14,20-21H,5-8,12-13H2,(H,33,34,35);1H/t20-,21+,23+;/m0./s1. The number of aromatic nitrogens is 3. The maximum atomic E-state index is 13.8. The molecule has 1 N–H and O–H groups in total. The number of hydrogen-bond donors (Lipinski definition) is 1. The average molecular weight is 565 g/mol. The van der Waals surface area contributed by atoms with Gasteiger partial charge in [-0.05, 0) is 67.1 Å². The van der Waals surface area contributed by atoms with E-state index in [4.69, 9.17) is 4.74 Å². The predicted molar refractivity (Wildman–Crippen MR) is 125 cm³/mol. The number of piperidine rings is 1. The van der Waals surface area contributed by atoms with Crippen molar-refractivity contribution in [2.75, 3.05) is 0 Å². The van der Waals surface area contributed by atoms with E-state index < -0.39 is 47.5 Å². The lowest BCUT2D eigenvalue weighted by molar-refractivity contribution is -0.143. The van der Waals surface area contributed by atoms with E-state index in [0.717, 1.165) is 18.4 Å². The van der Waals surface area contributed by atoms with Crippen LogP contribution >= 0.6 is 12.4 Å². The fraction of sp³-hybridized carbons (Fsp3) is 0.440. The van der Waals surface area contributed by atoms with Crippen molar-refractivity contribution in [3.8, 4) is 0 Å². The monoisotopic (exact) mass is 564 g/mol. The van der Waals surface area contributed by atoms with Gasteiger partial charge in [-0.2, -0.15) is 31.4 Å². The third kappa shape index (κ3) is 5.39. The van der Waals surface area contributed by atoms with E-state index in [9.17, 15) is 30.7 Å². The number of alkyl halides is 6. The molecule has 2 aliphatic rings. The summed E-state index contributed by atoms with van der Waals surface area (Å²) in [5.74, 6) is 0.181. The molecule has 13 heteroatoms. The Balaban J connectivity index is 0.00000336. The van der Waals surface area contributed by atoms with Crippen LogP contribution in [-0.2, 0) is 35.8 Å². The SMILES string of the molecule is Cl.Fc1ccc([C@]23CC[C@H](CC[C@H]2OCc2cc(C(F)(F)F)cc(C(F)(F)F)c2)N3Cc2ncn[nH]2)cc1. The molecule has 5 nitrogen and oxygen atoms in total. The van der Waals surface area contributed by atoms with Gasteiger partial charge in [0.2, 0.25) is 0 Å². The highest BCUT2D eigenvalue weighted by atomic mass is 35.5. The number of halogens is 8. The second kappa shape index (κ2) is 10.5. The summed E-state index contributed by atoms with van der Waals surface area (Å²) in [5, 5.41) is 6.72. The van der Waals surface area contributed by atoms with Crippen molar-refractivity contribution >= 4 is 12.4 Å². The number of benzene rings is 2. The Labute approximate surface area is 219 Å². The summed E-state index contributed by atoms with van der Waals surface area (Å²) in [6.45, 7) is -0.0644. The molecule has 2 aliphatic heterocycles. The number of ether oxygens (including phenoxy) is 1. The summed E-state index contributed by atoms with van der Waals surface area (Å²) in [4.78, 5) is 6.39. The zero-order valence-electron chi connectivity index (χ0n) is 19.8. The Morgan fingerprint density at radius 2 is 1.61 bits per heavy atom. The van der Waals surface area contributed by atoms with Gasteiger partial charge < -0.3 is 4.74 Å². The summed E-state index contributed by atoms with van der Waals surface area (Å²) in [6.07, 6.45) is -6.38. The van der Waals surface area contributed by atoms with Crippen LogP contribution in [0.1, 0.15) is 53.8 Å². The van der Waals surface area contributed by atoms with E-state index in [1.807, 2.05) is 0 Å². The Morgan fingerprint density at radius 1 is 0.947 bits per heavy atom. The molecule has 1 aromatic heterocycles. The first-order valence-electron chi connectivity index (χ1n) is 11.7. The van der Waals surface area contributed by atoms with E-state index >= 15 is 0 Å². The zero-order valence-corrected chi connectivity index (χ0v) is 20.6. The lowest BCUT2D eigenvalue weighted by atomic mass is 9.78. The van der Waals surface area contributed by atoms with Gasteiger partial charge in [0.1, 0.15) is 18.0 Å². The van der Waals surface area contributed by atoms with Crippen molar-refractivity contribution in [2.24, 2.45) is 0 Å². The normalized spacial score (nSPS) is 23.9. The van der Waals surface area contributed by atoms with Gasteiger partial charge in [0, 0.05) is 6.04 Å². The van der Waals surface area contributed by atoms with Crippen LogP contribution in [0.2, 0.25) is 0 Å². The second-order valence-electron chi connectivity index (χ2n) is 9.47. The Kier molecular flexibility index (Phi) is 7.79. The number of aromatic amines is 1. The smallest absolute Gasteiger partial charge is 0.371 e. The average Bonchev–Trinajstić information content (AvgIpc) is 3.43. The molecule has 0 spiro atoms. The van der Waals surface area contributed by atoms with Gasteiger partial charge in [-0.25, -0.2) is 9.37 Å².